The first-order chi connectivity index (χ1) is 21.4. The number of hydrazone groups is 1. The summed E-state index contributed by atoms with van der Waals surface area (Å²) in [5, 5.41) is 5.08. The van der Waals surface area contributed by atoms with Crippen LogP contribution in [0.15, 0.2) is 102 Å². The molecule has 8 rings (SSSR count). The van der Waals surface area contributed by atoms with Gasteiger partial charge in [-0.15, -0.1) is 0 Å². The molecule has 1 heterocycles. The molecule has 2 bridgehead atoms. The maximum Gasteiger partial charge on any atom is 0.244 e. The Morgan fingerprint density at radius 2 is 1.55 bits per heavy atom. The van der Waals surface area contributed by atoms with Crippen molar-refractivity contribution in [2.24, 2.45) is 16.9 Å². The molecule has 1 saturated heterocycles. The van der Waals surface area contributed by atoms with E-state index in [0.717, 1.165) is 34.2 Å². The molecule has 220 valence electrons. The highest BCUT2D eigenvalue weighted by Gasteiger charge is 2.68. The van der Waals surface area contributed by atoms with E-state index < -0.39 is 17.3 Å². The van der Waals surface area contributed by atoms with E-state index in [-0.39, 0.29) is 30.1 Å². The number of hydrogen-bond donors (Lipinski definition) is 1. The molecule has 3 aliphatic carbocycles. The van der Waals surface area contributed by atoms with Crippen LogP contribution in [-0.2, 0) is 26.2 Å². The number of nitrogens with zero attached hydrogens (tertiary/aromatic N) is 2. The molecule has 0 radical (unpaired) electrons. The van der Waals surface area contributed by atoms with Crippen molar-refractivity contribution < 1.29 is 19.1 Å². The molecule has 2 atom stereocenters. The van der Waals surface area contributed by atoms with Gasteiger partial charge in [-0.3, -0.25) is 14.4 Å². The van der Waals surface area contributed by atoms with Gasteiger partial charge in [-0.25, -0.2) is 10.3 Å². The number of imide groups is 1. The molecule has 8 heteroatoms. The molecule has 1 fully saturated rings. The Bertz CT molecular complexity index is 1750. The molecule has 4 aromatic rings. The van der Waals surface area contributed by atoms with Crippen LogP contribution in [0.4, 0.5) is 5.69 Å². The van der Waals surface area contributed by atoms with Crippen LogP contribution in [0.3, 0.4) is 0 Å². The Morgan fingerprint density at radius 1 is 0.909 bits per heavy atom. The van der Waals surface area contributed by atoms with Gasteiger partial charge in [0.15, 0.2) is 0 Å². The third kappa shape index (κ3) is 4.34. The Balaban J connectivity index is 1.30. The van der Waals surface area contributed by atoms with Crippen LogP contribution in [-0.4, -0.2) is 30.5 Å². The quantitative estimate of drug-likeness (QED) is 0.151. The highest BCUT2D eigenvalue weighted by molar-refractivity contribution is 6.30. The van der Waals surface area contributed by atoms with E-state index in [0.29, 0.717) is 23.1 Å². The lowest BCUT2D eigenvalue weighted by atomic mass is 9.47. The summed E-state index contributed by atoms with van der Waals surface area (Å²) in [6, 6.07) is 30.1. The summed E-state index contributed by atoms with van der Waals surface area (Å²) in [6.07, 6.45) is 2.67. The van der Waals surface area contributed by atoms with Gasteiger partial charge in [-0.1, -0.05) is 79.2 Å². The van der Waals surface area contributed by atoms with Crippen molar-refractivity contribution >= 4 is 41.2 Å². The summed E-state index contributed by atoms with van der Waals surface area (Å²) >= 11 is 5.99. The Hall–Kier alpha value is -4.75. The number of halogens is 1. The largest absolute Gasteiger partial charge is 0.494 e. The minimum absolute atomic E-state index is 0.117. The SMILES string of the molecule is CCCOc1ccc(N2C(=O)[C@@H]3[C@@H](C2=O)C2c4ccccc4C3(/C=N\NC(=O)Cc3ccc(Cl)cc3)c3ccccc32)cc1. The van der Waals surface area contributed by atoms with Gasteiger partial charge >= 0.3 is 0 Å². The number of hydrogen-bond acceptors (Lipinski definition) is 5. The fourth-order valence-corrected chi connectivity index (χ4v) is 7.37. The molecule has 4 aromatic carbocycles. The van der Waals surface area contributed by atoms with Crippen LogP contribution in [0.2, 0.25) is 5.02 Å². The van der Waals surface area contributed by atoms with Gasteiger partial charge in [0.1, 0.15) is 5.75 Å². The number of anilines is 1. The smallest absolute Gasteiger partial charge is 0.244 e. The van der Waals surface area contributed by atoms with Crippen molar-refractivity contribution in [2.45, 2.75) is 31.1 Å². The van der Waals surface area contributed by atoms with Gasteiger partial charge in [0.2, 0.25) is 17.7 Å². The summed E-state index contributed by atoms with van der Waals surface area (Å²) in [5.74, 6) is -1.78. The van der Waals surface area contributed by atoms with Crippen LogP contribution in [0.1, 0.15) is 47.1 Å². The monoisotopic (exact) mass is 603 g/mol. The molecule has 0 unspecified atom stereocenters. The lowest BCUT2D eigenvalue weighted by Crippen LogP contribution is -2.54. The van der Waals surface area contributed by atoms with Gasteiger partial charge < -0.3 is 4.74 Å². The van der Waals surface area contributed by atoms with Crippen LogP contribution < -0.4 is 15.1 Å². The number of amides is 3. The predicted octanol–water partition coefficient (Wildman–Crippen LogP) is 6.02. The van der Waals surface area contributed by atoms with E-state index in [1.807, 2.05) is 55.5 Å². The molecule has 0 spiro atoms. The zero-order valence-electron chi connectivity index (χ0n) is 24.1. The third-order valence-corrected chi connectivity index (χ3v) is 9.24. The minimum Gasteiger partial charge on any atom is -0.494 e. The number of carbonyl (C=O) groups excluding carboxylic acids is 3. The molecule has 0 saturated carbocycles. The van der Waals surface area contributed by atoms with E-state index in [4.69, 9.17) is 16.3 Å². The molecule has 1 N–H and O–H groups in total. The summed E-state index contributed by atoms with van der Waals surface area (Å²) in [6.45, 7) is 2.62. The second-order valence-corrected chi connectivity index (χ2v) is 11.9. The number of benzene rings is 4. The summed E-state index contributed by atoms with van der Waals surface area (Å²) in [5.41, 5.74) is 6.76. The Morgan fingerprint density at radius 3 is 2.18 bits per heavy atom. The summed E-state index contributed by atoms with van der Waals surface area (Å²) < 4.78 is 5.73. The van der Waals surface area contributed by atoms with Crippen molar-refractivity contribution in [3.05, 3.63) is 130 Å². The Labute approximate surface area is 260 Å². The maximum atomic E-state index is 14.5. The number of nitrogens with one attached hydrogen (secondary N) is 1. The molecule has 7 nitrogen and oxygen atoms in total. The average molecular weight is 604 g/mol. The van der Waals surface area contributed by atoms with Crippen LogP contribution in [0.5, 0.6) is 5.75 Å². The van der Waals surface area contributed by atoms with Gasteiger partial charge in [0.25, 0.3) is 0 Å². The predicted molar refractivity (Wildman–Crippen MR) is 169 cm³/mol. The number of ether oxygens (including phenoxy) is 1. The second-order valence-electron chi connectivity index (χ2n) is 11.5. The molecular weight excluding hydrogens is 574 g/mol. The standard InChI is InChI=1S/C36H30ClN3O4/c1-2-19-44-25-17-15-24(16-18-25)40-34(42)32-31-26-7-3-5-9-28(26)36(33(32)35(40)43,29-10-6-4-8-27(29)31)21-38-39-30(41)20-22-11-13-23(37)14-12-22/h3-18,21,31-33H,2,19-20H2,1H3,(H,39,41)/b38-21-/t31?,32-,33-,36?/m0/s1. The minimum atomic E-state index is -1.06. The van der Waals surface area contributed by atoms with Crippen molar-refractivity contribution in [1.29, 1.82) is 0 Å². The summed E-state index contributed by atoms with van der Waals surface area (Å²) in [7, 11) is 0. The second kappa shape index (κ2) is 11.1. The third-order valence-electron chi connectivity index (χ3n) is 8.99. The van der Waals surface area contributed by atoms with Crippen molar-refractivity contribution in [1.82, 2.24) is 5.43 Å². The molecule has 3 amide bonds. The van der Waals surface area contributed by atoms with Crippen molar-refractivity contribution in [3.63, 3.8) is 0 Å². The first-order valence-corrected chi connectivity index (χ1v) is 15.2. The molecule has 4 aliphatic rings. The van der Waals surface area contributed by atoms with Gasteiger partial charge in [-0.05, 0) is 70.6 Å². The topological polar surface area (TPSA) is 88.1 Å². The zero-order chi connectivity index (χ0) is 30.4. The lowest BCUT2D eigenvalue weighted by molar-refractivity contribution is -0.123. The van der Waals surface area contributed by atoms with Crippen molar-refractivity contribution in [2.75, 3.05) is 11.5 Å². The molecule has 44 heavy (non-hydrogen) atoms. The summed E-state index contributed by atoms with van der Waals surface area (Å²) in [4.78, 5) is 43.1. The highest BCUT2D eigenvalue weighted by atomic mass is 35.5. The maximum absolute atomic E-state index is 14.5. The highest BCUT2D eigenvalue weighted by Crippen LogP contribution is 2.63. The van der Waals surface area contributed by atoms with Gasteiger partial charge in [0, 0.05) is 17.2 Å². The van der Waals surface area contributed by atoms with Gasteiger partial charge in [0.05, 0.1) is 36.0 Å². The van der Waals surface area contributed by atoms with Crippen LogP contribution in [0.25, 0.3) is 0 Å². The fourth-order valence-electron chi connectivity index (χ4n) is 7.25. The number of carbonyl (C=O) groups is 3. The lowest BCUT2D eigenvalue weighted by Gasteiger charge is -2.52. The Kier molecular flexibility index (Phi) is 7.05. The van der Waals surface area contributed by atoms with E-state index in [2.05, 4.69) is 10.5 Å². The van der Waals surface area contributed by atoms with Crippen molar-refractivity contribution in [3.8, 4) is 5.75 Å². The normalized spacial score (nSPS) is 23.0. The van der Waals surface area contributed by atoms with E-state index in [1.54, 1.807) is 54.7 Å². The van der Waals surface area contributed by atoms with Crippen LogP contribution >= 0.6 is 11.6 Å². The first-order valence-electron chi connectivity index (χ1n) is 14.8. The molecule has 0 aromatic heterocycles. The average Bonchev–Trinajstić information content (AvgIpc) is 3.32. The fraction of sp³-hybridized carbons (Fsp3) is 0.222. The van der Waals surface area contributed by atoms with Gasteiger partial charge in [-0.2, -0.15) is 5.10 Å². The van der Waals surface area contributed by atoms with E-state index in [1.165, 1.54) is 4.90 Å². The number of rotatable bonds is 8. The first kappa shape index (κ1) is 28.0. The molecule has 1 aliphatic heterocycles. The zero-order valence-corrected chi connectivity index (χ0v) is 24.8. The molecular formula is C36H30ClN3O4. The van der Waals surface area contributed by atoms with E-state index in [9.17, 15) is 14.4 Å². The van der Waals surface area contributed by atoms with Crippen LogP contribution in [0, 0.1) is 11.8 Å². The van der Waals surface area contributed by atoms with E-state index >= 15 is 0 Å².